The first-order valence-electron chi connectivity index (χ1n) is 21.2. The molecule has 0 aliphatic heterocycles. The summed E-state index contributed by atoms with van der Waals surface area (Å²) < 4.78 is 36.2. The monoisotopic (exact) mass is 850 g/mol. The van der Waals surface area contributed by atoms with Crippen LogP contribution in [-0.4, -0.2) is 69.7 Å². The first-order valence-corrected chi connectivity index (χ1v) is 21.2. The van der Waals surface area contributed by atoms with E-state index in [-0.39, 0.29) is 30.2 Å². The second-order valence-electron chi connectivity index (χ2n) is 16.2. The Morgan fingerprint density at radius 3 is 1.92 bits per heavy atom. The zero-order valence-corrected chi connectivity index (χ0v) is 36.1. The molecule has 322 valence electrons. The Labute approximate surface area is 365 Å². The van der Waals surface area contributed by atoms with Crippen molar-refractivity contribution in [1.82, 2.24) is 35.9 Å². The van der Waals surface area contributed by atoms with Crippen LogP contribution >= 0.6 is 0 Å². The number of alkyl halides is 1. The number of carbonyl (C=O) groups excluding carboxylic acids is 1. The highest BCUT2D eigenvalue weighted by Crippen LogP contribution is 2.39. The lowest BCUT2D eigenvalue weighted by Gasteiger charge is -2.19. The van der Waals surface area contributed by atoms with Gasteiger partial charge >= 0.3 is 12.0 Å². The van der Waals surface area contributed by atoms with Crippen molar-refractivity contribution < 1.29 is 27.7 Å². The molecular weight excluding hydrogens is 802 g/mol. The number of halogens is 1. The summed E-state index contributed by atoms with van der Waals surface area (Å²) in [6.45, 7) is 9.38. The number of rotatable bonds is 14. The van der Waals surface area contributed by atoms with Crippen molar-refractivity contribution in [2.75, 3.05) is 20.3 Å². The summed E-state index contributed by atoms with van der Waals surface area (Å²) in [6, 6.07) is 27.3. The number of fused-ring (bicyclic) bond motifs is 2. The van der Waals surface area contributed by atoms with Crippen LogP contribution in [0.2, 0.25) is 0 Å². The zero-order chi connectivity index (χ0) is 44.2. The number of benzene rings is 4. The predicted molar refractivity (Wildman–Crippen MR) is 234 cm³/mol. The summed E-state index contributed by atoms with van der Waals surface area (Å²) >= 11 is 0. The quantitative estimate of drug-likeness (QED) is 0.100. The Morgan fingerprint density at radius 1 is 0.825 bits per heavy atom. The Hall–Kier alpha value is -6.94. The molecule has 2 N–H and O–H groups in total. The number of hydrogen-bond donors (Lipinski definition) is 2. The Bertz CT molecular complexity index is 2750. The van der Waals surface area contributed by atoms with Gasteiger partial charge in [-0.25, -0.2) is 4.39 Å². The molecule has 1 amide bonds. The van der Waals surface area contributed by atoms with Crippen LogP contribution < -0.4 is 20.1 Å². The van der Waals surface area contributed by atoms with E-state index in [0.717, 1.165) is 59.1 Å². The second kappa shape index (κ2) is 18.6. The molecule has 2 unspecified atom stereocenters. The SMILES string of the molecule is CC(C)Oc1ccc(-c2nc(-c3cccc4c3CCC4NC(C)C(=O)N(C)[N+]#Cc3cc(-c4nc(-c5cccc6c5CC[C@@H]6NCCF)no4)ccc3OC(C)C)no2)cc1C#N. The second-order valence-corrected chi connectivity index (χ2v) is 16.2. The van der Waals surface area contributed by atoms with Crippen molar-refractivity contribution in [1.29, 1.82) is 5.26 Å². The molecule has 2 aromatic heterocycles. The average molecular weight is 851 g/mol. The van der Waals surface area contributed by atoms with E-state index in [1.165, 1.54) is 5.01 Å². The van der Waals surface area contributed by atoms with Gasteiger partial charge in [-0.05, 0) is 124 Å². The number of nitrogens with zero attached hydrogens (tertiary/aromatic N) is 7. The van der Waals surface area contributed by atoms with Gasteiger partial charge in [0.15, 0.2) is 0 Å². The minimum atomic E-state index is -0.586. The summed E-state index contributed by atoms with van der Waals surface area (Å²) in [5.41, 5.74) is 8.28. The number of nitriles is 1. The number of hydrogen-bond acceptors (Lipinski definition) is 12. The Morgan fingerprint density at radius 2 is 1.37 bits per heavy atom. The van der Waals surface area contributed by atoms with E-state index in [1.807, 2.05) is 65.0 Å². The molecule has 2 aliphatic rings. The molecule has 3 atom stereocenters. The Kier molecular flexibility index (Phi) is 12.6. The molecule has 2 heterocycles. The highest BCUT2D eigenvalue weighted by Gasteiger charge is 2.32. The number of aromatic nitrogens is 4. The van der Waals surface area contributed by atoms with Crippen LogP contribution in [0, 0.1) is 17.4 Å². The maximum atomic E-state index is 13.7. The maximum absolute atomic E-state index is 13.7. The molecule has 2 aliphatic carbocycles. The summed E-state index contributed by atoms with van der Waals surface area (Å²) in [4.78, 5) is 27.6. The van der Waals surface area contributed by atoms with E-state index in [2.05, 4.69) is 50.2 Å². The van der Waals surface area contributed by atoms with Crippen LogP contribution in [0.15, 0.2) is 81.8 Å². The highest BCUT2D eigenvalue weighted by atomic mass is 19.1. The topological polar surface area (TPSA) is 169 Å². The number of carbonyl (C=O) groups is 1. The number of nitrogens with one attached hydrogen (secondary N) is 2. The van der Waals surface area contributed by atoms with E-state index in [4.69, 9.17) is 28.5 Å². The minimum absolute atomic E-state index is 0.0741. The molecule has 63 heavy (non-hydrogen) atoms. The van der Waals surface area contributed by atoms with Crippen LogP contribution in [0.3, 0.4) is 0 Å². The first-order chi connectivity index (χ1) is 30.5. The maximum Gasteiger partial charge on any atom is 0.362 e. The highest BCUT2D eigenvalue weighted by molar-refractivity contribution is 5.82. The third kappa shape index (κ3) is 9.16. The van der Waals surface area contributed by atoms with Gasteiger partial charge in [0, 0.05) is 40.9 Å². The largest absolute Gasteiger partial charge is 0.490 e. The lowest BCUT2D eigenvalue weighted by molar-refractivity contribution is -0.129. The van der Waals surface area contributed by atoms with Gasteiger partial charge in [0.25, 0.3) is 11.8 Å². The van der Waals surface area contributed by atoms with E-state index in [9.17, 15) is 14.4 Å². The van der Waals surface area contributed by atoms with Gasteiger partial charge in [0.05, 0.1) is 35.8 Å². The van der Waals surface area contributed by atoms with Crippen molar-refractivity contribution in [2.24, 2.45) is 0 Å². The number of likely N-dealkylation sites (N-methyl/N-ethyl adjacent to an activating group) is 1. The molecule has 4 aromatic carbocycles. The van der Waals surface area contributed by atoms with Crippen LogP contribution in [0.4, 0.5) is 4.39 Å². The molecule has 0 fully saturated rings. The summed E-state index contributed by atoms with van der Waals surface area (Å²) in [6.07, 6.45) is 3.01. The van der Waals surface area contributed by atoms with Gasteiger partial charge < -0.3 is 23.8 Å². The smallest absolute Gasteiger partial charge is 0.362 e. The third-order valence-corrected chi connectivity index (χ3v) is 11.1. The fourth-order valence-corrected chi connectivity index (χ4v) is 8.29. The minimum Gasteiger partial charge on any atom is -0.490 e. The predicted octanol–water partition coefficient (Wildman–Crippen LogP) is 8.83. The van der Waals surface area contributed by atoms with E-state index < -0.39 is 12.7 Å². The van der Waals surface area contributed by atoms with Crippen LogP contribution in [-0.2, 0) is 17.6 Å². The molecule has 14 nitrogen and oxygen atoms in total. The van der Waals surface area contributed by atoms with Crippen LogP contribution in [0.5, 0.6) is 11.5 Å². The van der Waals surface area contributed by atoms with Crippen LogP contribution in [0.25, 0.3) is 50.6 Å². The van der Waals surface area contributed by atoms with Crippen molar-refractivity contribution in [3.05, 3.63) is 111 Å². The fraction of sp³-hybridized carbons (Fsp3) is 0.354. The van der Waals surface area contributed by atoms with E-state index in [1.54, 1.807) is 37.4 Å². The molecular formula is C48H49FN9O5+. The summed E-state index contributed by atoms with van der Waals surface area (Å²) in [5.74, 6) is 2.30. The van der Waals surface area contributed by atoms with E-state index in [0.29, 0.717) is 63.7 Å². The standard InChI is InChI=1S/C48H49FN9O5/c1-27(2)60-42-19-13-30(23-32(42)25-50)46-54-45(57-62-46)39-12-8-10-37-35(39)16-18-41(37)53-29(5)48(59)58(6)52-26-33-24-31(14-20-43(33)61-28(3)4)47-55-44(56-63-47)38-11-7-9-36-34(38)15-17-40(36)51-22-21-49/h7-14,19-20,23-24,27-29,40-41,51,53H,15-18,21-22H2,1-6H3/q+1/t29?,40-,41?/m0/s1. The molecule has 0 radical (unpaired) electrons. The molecule has 6 aromatic rings. The fourth-order valence-electron chi connectivity index (χ4n) is 8.29. The molecule has 0 spiro atoms. The zero-order valence-electron chi connectivity index (χ0n) is 36.1. The molecule has 15 heteroatoms. The summed E-state index contributed by atoms with van der Waals surface area (Å²) in [5, 5.41) is 26.4. The third-order valence-electron chi connectivity index (χ3n) is 11.1. The molecule has 0 saturated carbocycles. The molecule has 8 rings (SSSR count). The van der Waals surface area contributed by atoms with Gasteiger partial charge in [-0.1, -0.05) is 46.7 Å². The van der Waals surface area contributed by atoms with Gasteiger partial charge in [0.1, 0.15) is 29.8 Å². The van der Waals surface area contributed by atoms with Crippen molar-refractivity contribution in [3.63, 3.8) is 0 Å². The van der Waals surface area contributed by atoms with E-state index >= 15 is 0 Å². The number of ether oxygens (including phenoxy) is 2. The van der Waals surface area contributed by atoms with Crippen molar-refractivity contribution in [2.45, 2.75) is 90.6 Å². The van der Waals surface area contributed by atoms with Gasteiger partial charge in [-0.3, -0.25) is 10.1 Å². The lowest BCUT2D eigenvalue weighted by atomic mass is 10.0. The number of amides is 1. The van der Waals surface area contributed by atoms with Crippen molar-refractivity contribution >= 4 is 5.91 Å². The van der Waals surface area contributed by atoms with Gasteiger partial charge in [-0.15, -0.1) is 0 Å². The lowest BCUT2D eigenvalue weighted by Crippen LogP contribution is -2.41. The van der Waals surface area contributed by atoms with Gasteiger partial charge in [-0.2, -0.15) is 15.2 Å². The van der Waals surface area contributed by atoms with Crippen LogP contribution in [0.1, 0.15) is 92.9 Å². The summed E-state index contributed by atoms with van der Waals surface area (Å²) in [7, 11) is 1.60. The van der Waals surface area contributed by atoms with Crippen molar-refractivity contribution in [3.8, 4) is 69.3 Å². The average Bonchev–Trinajstić information content (AvgIpc) is 4.12. The normalized spacial score (nSPS) is 15.7. The first kappa shape index (κ1) is 42.7. The molecule has 0 saturated heterocycles. The molecule has 0 bridgehead atoms. The van der Waals surface area contributed by atoms with Gasteiger partial charge in [0.2, 0.25) is 11.6 Å². The Balaban J connectivity index is 0.960.